The number of hydrogen-bond donors (Lipinski definition) is 1. The van der Waals surface area contributed by atoms with Crippen molar-refractivity contribution in [1.82, 2.24) is 0 Å². The Balaban J connectivity index is 1.93. The lowest BCUT2D eigenvalue weighted by Gasteiger charge is -2.45. The van der Waals surface area contributed by atoms with Crippen LogP contribution < -0.4 is 0 Å². The molecule has 1 spiro atoms. The minimum atomic E-state index is -1.65. The van der Waals surface area contributed by atoms with Crippen molar-refractivity contribution >= 4 is 11.8 Å². The predicted molar refractivity (Wildman–Crippen MR) is 80.8 cm³/mol. The van der Waals surface area contributed by atoms with Gasteiger partial charge in [-0.2, -0.15) is 0 Å². The van der Waals surface area contributed by atoms with Crippen molar-refractivity contribution < 1.29 is 28.9 Å². The number of hydrogen-bond acceptors (Lipinski definition) is 6. The van der Waals surface area contributed by atoms with Gasteiger partial charge >= 0.3 is 5.97 Å². The van der Waals surface area contributed by atoms with E-state index in [2.05, 4.69) is 0 Å². The van der Waals surface area contributed by atoms with Crippen LogP contribution in [-0.4, -0.2) is 52.5 Å². The fraction of sp³-hybridized carbons (Fsp3) is 0.765. The maximum absolute atomic E-state index is 12.3. The van der Waals surface area contributed by atoms with Crippen LogP contribution in [0.3, 0.4) is 0 Å². The van der Waals surface area contributed by atoms with Gasteiger partial charge in [-0.05, 0) is 33.6 Å². The van der Waals surface area contributed by atoms with Crippen LogP contribution in [0.1, 0.15) is 47.0 Å². The molecule has 2 aliphatic heterocycles. The highest BCUT2D eigenvalue weighted by molar-refractivity contribution is 5.88. The molecule has 0 aromatic carbocycles. The van der Waals surface area contributed by atoms with Crippen LogP contribution in [0.5, 0.6) is 0 Å². The van der Waals surface area contributed by atoms with E-state index in [1.807, 2.05) is 19.9 Å². The van der Waals surface area contributed by atoms with Crippen molar-refractivity contribution in [2.45, 2.75) is 76.0 Å². The van der Waals surface area contributed by atoms with E-state index in [1.165, 1.54) is 6.92 Å². The van der Waals surface area contributed by atoms with Crippen molar-refractivity contribution in [2.75, 3.05) is 6.61 Å². The molecule has 5 atom stereocenters. The van der Waals surface area contributed by atoms with Crippen molar-refractivity contribution in [3.05, 3.63) is 11.6 Å². The lowest BCUT2D eigenvalue weighted by molar-refractivity contribution is -0.203. The maximum atomic E-state index is 12.3. The summed E-state index contributed by atoms with van der Waals surface area (Å²) in [4.78, 5) is 23.8. The third-order valence-corrected chi connectivity index (χ3v) is 5.36. The Hall–Kier alpha value is -1.24. The number of allylic oxidation sites excluding steroid dienone is 1. The number of epoxide rings is 2. The molecule has 3 aliphatic rings. The first-order chi connectivity index (χ1) is 10.7. The lowest BCUT2D eigenvalue weighted by atomic mass is 9.65. The van der Waals surface area contributed by atoms with Crippen molar-refractivity contribution in [3.63, 3.8) is 0 Å². The van der Waals surface area contributed by atoms with Crippen molar-refractivity contribution in [2.24, 2.45) is 0 Å². The van der Waals surface area contributed by atoms with Gasteiger partial charge in [-0.1, -0.05) is 11.6 Å². The minimum Gasteiger partial charge on any atom is -0.451 e. The molecule has 1 saturated carbocycles. The largest absolute Gasteiger partial charge is 0.451 e. The second kappa shape index (κ2) is 5.13. The molecule has 1 N–H and O–H groups in total. The molecule has 3 fully saturated rings. The van der Waals surface area contributed by atoms with Gasteiger partial charge in [-0.15, -0.1) is 0 Å². The first-order valence-corrected chi connectivity index (χ1v) is 8.04. The molecular weight excluding hydrogens is 300 g/mol. The van der Waals surface area contributed by atoms with E-state index in [-0.39, 0.29) is 18.3 Å². The summed E-state index contributed by atoms with van der Waals surface area (Å²) in [5.41, 5.74) is -2.31. The summed E-state index contributed by atoms with van der Waals surface area (Å²) in [6, 6.07) is 0. The number of carbonyl (C=O) groups excluding carboxylic acids is 2. The quantitative estimate of drug-likeness (QED) is 0.476. The second-order valence-corrected chi connectivity index (χ2v) is 7.24. The molecule has 128 valence electrons. The molecule has 2 saturated heterocycles. The summed E-state index contributed by atoms with van der Waals surface area (Å²) in [5.74, 6) is -0.869. The van der Waals surface area contributed by atoms with Gasteiger partial charge in [0, 0.05) is 13.3 Å². The molecule has 6 heteroatoms. The normalized spacial score (nSPS) is 44.8. The molecule has 6 nitrogen and oxygen atoms in total. The van der Waals surface area contributed by atoms with Gasteiger partial charge in [0.25, 0.3) is 0 Å². The van der Waals surface area contributed by atoms with Crippen molar-refractivity contribution in [1.29, 1.82) is 0 Å². The molecule has 0 aromatic rings. The molecule has 3 rings (SSSR count). The van der Waals surface area contributed by atoms with Crippen LogP contribution in [0.4, 0.5) is 0 Å². The standard InChI is InChI=1S/C17H24O6/c1-10(2)5-6-13-15(4,23-13)17(20)14(22-11(3)18)12(19)7-8-16(17)9-21-16/h5,13-14,20H,6-9H2,1-4H3/t13-,14-,15+,16+,17+/m1/s1. The lowest BCUT2D eigenvalue weighted by Crippen LogP contribution is -2.69. The van der Waals surface area contributed by atoms with Crippen LogP contribution in [-0.2, 0) is 23.8 Å². The Labute approximate surface area is 135 Å². The molecule has 0 amide bonds. The van der Waals surface area contributed by atoms with Crippen LogP contribution >= 0.6 is 0 Å². The zero-order chi connectivity index (χ0) is 17.0. The first-order valence-electron chi connectivity index (χ1n) is 8.04. The van der Waals surface area contributed by atoms with E-state index in [4.69, 9.17) is 14.2 Å². The van der Waals surface area contributed by atoms with Gasteiger partial charge in [0.1, 0.15) is 11.2 Å². The first kappa shape index (κ1) is 16.6. The number of rotatable bonds is 4. The Morgan fingerprint density at radius 1 is 1.43 bits per heavy atom. The third kappa shape index (κ3) is 2.35. The fourth-order valence-corrected chi connectivity index (χ4v) is 3.81. The topological polar surface area (TPSA) is 88.7 Å². The monoisotopic (exact) mass is 324 g/mol. The van der Waals surface area contributed by atoms with E-state index in [9.17, 15) is 14.7 Å². The zero-order valence-electron chi connectivity index (χ0n) is 14.0. The number of carbonyl (C=O) groups is 2. The van der Waals surface area contributed by atoms with Gasteiger partial charge < -0.3 is 19.3 Å². The average Bonchev–Trinajstić information content (AvgIpc) is 3.35. The summed E-state index contributed by atoms with van der Waals surface area (Å²) in [7, 11) is 0. The van der Waals surface area contributed by atoms with Gasteiger partial charge in [0.05, 0.1) is 12.7 Å². The molecule has 1 aliphatic carbocycles. The molecule has 0 unspecified atom stereocenters. The van der Waals surface area contributed by atoms with Crippen molar-refractivity contribution in [3.8, 4) is 0 Å². The van der Waals surface area contributed by atoms with Gasteiger partial charge in [-0.25, -0.2) is 0 Å². The smallest absolute Gasteiger partial charge is 0.303 e. The molecule has 0 radical (unpaired) electrons. The highest BCUT2D eigenvalue weighted by atomic mass is 16.7. The predicted octanol–water partition coefficient (Wildman–Crippen LogP) is 1.29. The van der Waals surface area contributed by atoms with E-state index in [1.54, 1.807) is 6.92 Å². The highest BCUT2D eigenvalue weighted by Crippen LogP contribution is 2.61. The van der Waals surface area contributed by atoms with Crippen LogP contribution in [0, 0.1) is 0 Å². The summed E-state index contributed by atoms with van der Waals surface area (Å²) in [5, 5.41) is 11.5. The van der Waals surface area contributed by atoms with Crippen LogP contribution in [0.15, 0.2) is 11.6 Å². The molecule has 0 aromatic heterocycles. The summed E-state index contributed by atoms with van der Waals surface area (Å²) in [6.07, 6.45) is 1.86. The number of ketones is 1. The van der Waals surface area contributed by atoms with Gasteiger partial charge in [0.15, 0.2) is 17.5 Å². The Morgan fingerprint density at radius 2 is 2.09 bits per heavy atom. The van der Waals surface area contributed by atoms with E-state index in [0.29, 0.717) is 19.4 Å². The Bertz CT molecular complexity index is 574. The molecule has 23 heavy (non-hydrogen) atoms. The zero-order valence-corrected chi connectivity index (χ0v) is 14.0. The highest BCUT2D eigenvalue weighted by Gasteiger charge is 2.82. The minimum absolute atomic E-state index is 0.229. The fourth-order valence-electron chi connectivity index (χ4n) is 3.81. The summed E-state index contributed by atoms with van der Waals surface area (Å²) < 4.78 is 16.6. The van der Waals surface area contributed by atoms with E-state index >= 15 is 0 Å². The van der Waals surface area contributed by atoms with Gasteiger partial charge in [0.2, 0.25) is 0 Å². The van der Waals surface area contributed by atoms with E-state index in [0.717, 1.165) is 5.57 Å². The van der Waals surface area contributed by atoms with Gasteiger partial charge in [-0.3, -0.25) is 9.59 Å². The number of Topliss-reactive ketones (excluding diaryl/α,β-unsaturated/α-hetero) is 1. The summed E-state index contributed by atoms with van der Waals surface area (Å²) >= 11 is 0. The second-order valence-electron chi connectivity index (χ2n) is 7.24. The average molecular weight is 324 g/mol. The number of esters is 1. The summed E-state index contributed by atoms with van der Waals surface area (Å²) in [6.45, 7) is 7.34. The van der Waals surface area contributed by atoms with Crippen LogP contribution in [0.2, 0.25) is 0 Å². The molecular formula is C17H24O6. The van der Waals surface area contributed by atoms with Crippen LogP contribution in [0.25, 0.3) is 0 Å². The molecule has 0 bridgehead atoms. The third-order valence-electron chi connectivity index (χ3n) is 5.36. The Morgan fingerprint density at radius 3 is 2.61 bits per heavy atom. The van der Waals surface area contributed by atoms with E-state index < -0.39 is 28.9 Å². The number of ether oxygens (including phenoxy) is 3. The number of aliphatic hydroxyl groups is 1. The SMILES string of the molecule is CC(=O)O[C@@H]1C(=O)CC[C@]2(CO2)[C@@]1(O)[C@@]1(C)O[C@@H]1CC=C(C)C. The Kier molecular flexibility index (Phi) is 3.70. The molecule has 2 heterocycles. The maximum Gasteiger partial charge on any atom is 0.303 e.